The lowest BCUT2D eigenvalue weighted by Crippen LogP contribution is -2.26. The molecule has 1 N–H and O–H groups in total. The van der Waals surface area contributed by atoms with E-state index < -0.39 is 5.91 Å². The summed E-state index contributed by atoms with van der Waals surface area (Å²) in [6.45, 7) is 1.88. The molecule has 0 aliphatic heterocycles. The number of carbonyl (C=O) groups is 1. The molecule has 0 spiro atoms. The minimum absolute atomic E-state index is 0.00838. The lowest BCUT2D eigenvalue weighted by molar-refractivity contribution is 0.102. The highest BCUT2D eigenvalue weighted by atomic mass is 32.1. The molecule has 3 aromatic rings. The van der Waals surface area contributed by atoms with Gasteiger partial charge in [0.25, 0.3) is 11.5 Å². The van der Waals surface area contributed by atoms with E-state index in [1.165, 1.54) is 21.9 Å². The Kier molecular flexibility index (Phi) is 3.03. The first kappa shape index (κ1) is 12.5. The van der Waals surface area contributed by atoms with E-state index >= 15 is 0 Å². The fourth-order valence-electron chi connectivity index (χ4n) is 1.77. The fourth-order valence-corrected chi connectivity index (χ4v) is 2.56. The van der Waals surface area contributed by atoms with Crippen molar-refractivity contribution in [1.82, 2.24) is 14.4 Å². The Morgan fingerprint density at radius 3 is 2.95 bits per heavy atom. The van der Waals surface area contributed by atoms with Gasteiger partial charge in [0, 0.05) is 23.5 Å². The van der Waals surface area contributed by atoms with Crippen molar-refractivity contribution in [2.45, 2.75) is 6.92 Å². The molecule has 1 amide bonds. The summed E-state index contributed by atoms with van der Waals surface area (Å²) >= 11 is 1.40. The number of anilines is 1. The Hall–Kier alpha value is -2.54. The molecule has 6 nitrogen and oxygen atoms in total. The highest BCUT2D eigenvalue weighted by molar-refractivity contribution is 7.16. The SMILES string of the molecule is Cc1cn2c(=O)c(C(=O)Nc3ccccn3)cnc2s1. The molecule has 20 heavy (non-hydrogen) atoms. The second-order valence-electron chi connectivity index (χ2n) is 4.14. The summed E-state index contributed by atoms with van der Waals surface area (Å²) < 4.78 is 1.38. The zero-order valence-electron chi connectivity index (χ0n) is 10.5. The number of amides is 1. The summed E-state index contributed by atoms with van der Waals surface area (Å²) in [5.41, 5.74) is -0.390. The van der Waals surface area contributed by atoms with Crippen molar-refractivity contribution in [2.75, 3.05) is 5.32 Å². The minimum atomic E-state index is -0.514. The normalized spacial score (nSPS) is 10.7. The van der Waals surface area contributed by atoms with Crippen molar-refractivity contribution in [3.05, 3.63) is 57.6 Å². The maximum absolute atomic E-state index is 12.2. The van der Waals surface area contributed by atoms with Crippen LogP contribution in [0, 0.1) is 6.92 Å². The molecule has 0 unspecified atom stereocenters. The molecule has 100 valence electrons. The average molecular weight is 286 g/mol. The fraction of sp³-hybridized carbons (Fsp3) is 0.0769. The molecule has 3 rings (SSSR count). The van der Waals surface area contributed by atoms with Crippen molar-refractivity contribution in [3.8, 4) is 0 Å². The van der Waals surface area contributed by atoms with Gasteiger partial charge in [0.15, 0.2) is 4.96 Å². The molecule has 0 saturated heterocycles. The van der Waals surface area contributed by atoms with Gasteiger partial charge in [0.2, 0.25) is 0 Å². The van der Waals surface area contributed by atoms with Gasteiger partial charge in [-0.25, -0.2) is 9.97 Å². The first-order valence-electron chi connectivity index (χ1n) is 5.85. The largest absolute Gasteiger partial charge is 0.306 e. The smallest absolute Gasteiger partial charge is 0.271 e. The van der Waals surface area contributed by atoms with Crippen LogP contribution in [0.1, 0.15) is 15.2 Å². The van der Waals surface area contributed by atoms with Crippen molar-refractivity contribution in [3.63, 3.8) is 0 Å². The van der Waals surface area contributed by atoms with Gasteiger partial charge < -0.3 is 5.32 Å². The number of pyridine rings is 1. The predicted molar refractivity (Wildman–Crippen MR) is 76.3 cm³/mol. The van der Waals surface area contributed by atoms with Crippen molar-refractivity contribution < 1.29 is 4.79 Å². The second-order valence-corrected chi connectivity index (χ2v) is 5.35. The molecule has 0 aliphatic carbocycles. The van der Waals surface area contributed by atoms with E-state index in [0.29, 0.717) is 10.8 Å². The van der Waals surface area contributed by atoms with Crippen LogP contribution in [-0.4, -0.2) is 20.3 Å². The standard InChI is InChI=1S/C13H10N4O2S/c1-8-7-17-12(19)9(6-15-13(17)20-8)11(18)16-10-4-2-3-5-14-10/h2-7H,1H3,(H,14,16,18). The van der Waals surface area contributed by atoms with Crippen LogP contribution in [0.5, 0.6) is 0 Å². The van der Waals surface area contributed by atoms with Gasteiger partial charge in [0.05, 0.1) is 0 Å². The lowest BCUT2D eigenvalue weighted by atomic mass is 10.3. The molecule has 0 radical (unpaired) electrons. The number of hydrogen-bond acceptors (Lipinski definition) is 5. The number of aryl methyl sites for hydroxylation is 1. The van der Waals surface area contributed by atoms with Crippen LogP contribution in [-0.2, 0) is 0 Å². The van der Waals surface area contributed by atoms with Crippen LogP contribution < -0.4 is 10.9 Å². The number of carbonyl (C=O) groups excluding carboxylic acids is 1. The van der Waals surface area contributed by atoms with Crippen LogP contribution >= 0.6 is 11.3 Å². The van der Waals surface area contributed by atoms with Crippen LogP contribution in [0.4, 0.5) is 5.82 Å². The van der Waals surface area contributed by atoms with Gasteiger partial charge in [0.1, 0.15) is 11.4 Å². The Balaban J connectivity index is 2.00. The third-order valence-electron chi connectivity index (χ3n) is 2.67. The van der Waals surface area contributed by atoms with E-state index in [1.807, 2.05) is 6.92 Å². The number of nitrogens with one attached hydrogen (secondary N) is 1. The molecular formula is C13H10N4O2S. The molecular weight excluding hydrogens is 276 g/mol. The Morgan fingerprint density at radius 1 is 1.35 bits per heavy atom. The molecule has 7 heteroatoms. The summed E-state index contributed by atoms with van der Waals surface area (Å²) in [4.78, 5) is 33.9. The van der Waals surface area contributed by atoms with Gasteiger partial charge in [-0.1, -0.05) is 6.07 Å². The number of hydrogen-bond donors (Lipinski definition) is 1. The topological polar surface area (TPSA) is 76.4 Å². The third-order valence-corrected chi connectivity index (χ3v) is 3.59. The van der Waals surface area contributed by atoms with Crippen LogP contribution in [0.2, 0.25) is 0 Å². The second kappa shape index (κ2) is 4.86. The summed E-state index contributed by atoms with van der Waals surface area (Å²) in [6, 6.07) is 5.14. The van der Waals surface area contributed by atoms with Crippen LogP contribution in [0.3, 0.4) is 0 Å². The quantitative estimate of drug-likeness (QED) is 0.778. The summed E-state index contributed by atoms with van der Waals surface area (Å²) in [5, 5.41) is 2.57. The molecule has 3 heterocycles. The molecule has 0 saturated carbocycles. The number of nitrogens with zero attached hydrogens (tertiary/aromatic N) is 3. The van der Waals surface area contributed by atoms with Crippen molar-refractivity contribution in [1.29, 1.82) is 0 Å². The summed E-state index contributed by atoms with van der Waals surface area (Å²) in [6.07, 6.45) is 4.53. The summed E-state index contributed by atoms with van der Waals surface area (Å²) in [7, 11) is 0. The number of rotatable bonds is 2. The zero-order valence-corrected chi connectivity index (χ0v) is 11.3. The Labute approximate surface area is 117 Å². The van der Waals surface area contributed by atoms with Crippen molar-refractivity contribution >= 4 is 28.0 Å². The first-order valence-corrected chi connectivity index (χ1v) is 6.67. The average Bonchev–Trinajstić information content (AvgIpc) is 2.82. The number of fused-ring (bicyclic) bond motifs is 1. The predicted octanol–water partition coefficient (Wildman–Crippen LogP) is 1.71. The van der Waals surface area contributed by atoms with Crippen LogP contribution in [0.15, 0.2) is 41.6 Å². The monoisotopic (exact) mass is 286 g/mol. The lowest BCUT2D eigenvalue weighted by Gasteiger charge is -2.03. The molecule has 0 atom stereocenters. The Bertz CT molecular complexity index is 838. The Morgan fingerprint density at radius 2 is 2.20 bits per heavy atom. The van der Waals surface area contributed by atoms with Crippen molar-refractivity contribution in [2.24, 2.45) is 0 Å². The molecule has 3 aromatic heterocycles. The van der Waals surface area contributed by atoms with E-state index in [-0.39, 0.29) is 11.1 Å². The summed E-state index contributed by atoms with van der Waals surface area (Å²) in [5.74, 6) is -0.122. The highest BCUT2D eigenvalue weighted by Crippen LogP contribution is 2.12. The maximum Gasteiger partial charge on any atom is 0.271 e. The molecule has 0 aliphatic rings. The zero-order chi connectivity index (χ0) is 14.1. The van der Waals surface area contributed by atoms with Crippen LogP contribution in [0.25, 0.3) is 4.96 Å². The van der Waals surface area contributed by atoms with E-state index in [1.54, 1.807) is 30.6 Å². The molecule has 0 aromatic carbocycles. The van der Waals surface area contributed by atoms with E-state index in [9.17, 15) is 9.59 Å². The third kappa shape index (κ3) is 2.19. The maximum atomic E-state index is 12.2. The van der Waals surface area contributed by atoms with Gasteiger partial charge >= 0.3 is 0 Å². The minimum Gasteiger partial charge on any atom is -0.306 e. The van der Waals surface area contributed by atoms with E-state index in [4.69, 9.17) is 0 Å². The highest BCUT2D eigenvalue weighted by Gasteiger charge is 2.14. The number of aromatic nitrogens is 3. The molecule has 0 bridgehead atoms. The van der Waals surface area contributed by atoms with Gasteiger partial charge in [-0.2, -0.15) is 0 Å². The van der Waals surface area contributed by atoms with E-state index in [2.05, 4.69) is 15.3 Å². The van der Waals surface area contributed by atoms with E-state index in [0.717, 1.165) is 4.88 Å². The van der Waals surface area contributed by atoms with Gasteiger partial charge in [-0.15, -0.1) is 11.3 Å². The number of thiazole rings is 1. The first-order chi connectivity index (χ1) is 9.65. The molecule has 0 fully saturated rings. The van der Waals surface area contributed by atoms with Gasteiger partial charge in [-0.05, 0) is 19.1 Å². The van der Waals surface area contributed by atoms with Gasteiger partial charge in [-0.3, -0.25) is 14.0 Å².